The molecule has 42 heavy (non-hydrogen) atoms. The molecule has 0 saturated carbocycles. The smallest absolute Gasteiger partial charge is 0.407 e. The number of carbonyl (C=O) groups is 1. The zero-order valence-corrected chi connectivity index (χ0v) is 23.2. The zero-order chi connectivity index (χ0) is 28.6. The number of nitrogens with zero attached hydrogens (tertiary/aromatic N) is 13. The summed E-state index contributed by atoms with van der Waals surface area (Å²) >= 11 is 0. The van der Waals surface area contributed by atoms with Crippen LogP contribution in [0.3, 0.4) is 0 Å². The summed E-state index contributed by atoms with van der Waals surface area (Å²) in [4.78, 5) is 33.5. The van der Waals surface area contributed by atoms with Crippen molar-refractivity contribution in [2.75, 3.05) is 31.1 Å². The number of hydrogen-bond acceptors (Lipinski definition) is 10. The van der Waals surface area contributed by atoms with Crippen LogP contribution in [0.15, 0.2) is 43.2 Å². The third kappa shape index (κ3) is 5.12. The molecule has 0 aromatic carbocycles. The Balaban J connectivity index is 1.01. The maximum atomic E-state index is 11.2. The number of amides is 1. The summed E-state index contributed by atoms with van der Waals surface area (Å²) in [5, 5.41) is 26.8. The van der Waals surface area contributed by atoms with Crippen LogP contribution in [0, 0.1) is 5.92 Å². The van der Waals surface area contributed by atoms with Crippen LogP contribution in [-0.2, 0) is 13.6 Å². The monoisotopic (exact) mass is 569 g/mol. The Hall–Kier alpha value is -4.95. The molecule has 2 aliphatic rings. The van der Waals surface area contributed by atoms with E-state index in [0.717, 1.165) is 61.3 Å². The molecule has 216 valence electrons. The summed E-state index contributed by atoms with van der Waals surface area (Å²) in [6, 6.07) is 2.15. The van der Waals surface area contributed by atoms with Gasteiger partial charge in [-0.1, -0.05) is 5.21 Å². The maximum absolute atomic E-state index is 11.2. The molecule has 2 fully saturated rings. The first-order valence-electron chi connectivity index (χ1n) is 14.2. The van der Waals surface area contributed by atoms with E-state index in [1.807, 2.05) is 47.3 Å². The van der Waals surface area contributed by atoms with Crippen LogP contribution in [0.1, 0.15) is 31.7 Å². The quantitative estimate of drug-likeness (QED) is 0.320. The van der Waals surface area contributed by atoms with E-state index >= 15 is 0 Å². The number of anilines is 1. The van der Waals surface area contributed by atoms with Crippen molar-refractivity contribution in [3.63, 3.8) is 0 Å². The van der Waals surface area contributed by atoms with Crippen molar-refractivity contribution in [3.05, 3.63) is 43.2 Å². The Bertz CT molecular complexity index is 1700. The maximum Gasteiger partial charge on any atom is 0.407 e. The summed E-state index contributed by atoms with van der Waals surface area (Å²) in [5.41, 5.74) is 4.50. The summed E-state index contributed by atoms with van der Waals surface area (Å²) in [5.74, 6) is 1.03. The number of piperidine rings is 2. The van der Waals surface area contributed by atoms with E-state index in [0.29, 0.717) is 42.8 Å². The first kappa shape index (κ1) is 26.0. The molecule has 1 amide bonds. The highest BCUT2D eigenvalue weighted by molar-refractivity contribution is 5.69. The fraction of sp³-hybridized carbons (Fsp3) is 0.444. The minimum absolute atomic E-state index is 0.190. The molecule has 2 aliphatic heterocycles. The number of aromatic nitrogens is 11. The van der Waals surface area contributed by atoms with Gasteiger partial charge in [-0.25, -0.2) is 29.4 Å². The average Bonchev–Trinajstić information content (AvgIpc) is 3.78. The van der Waals surface area contributed by atoms with Crippen LogP contribution >= 0.6 is 0 Å². The second kappa shape index (κ2) is 10.8. The highest BCUT2D eigenvalue weighted by Crippen LogP contribution is 2.26. The van der Waals surface area contributed by atoms with Crippen molar-refractivity contribution in [3.8, 4) is 22.5 Å². The van der Waals surface area contributed by atoms with Crippen molar-refractivity contribution in [1.29, 1.82) is 0 Å². The van der Waals surface area contributed by atoms with E-state index in [1.165, 1.54) is 4.90 Å². The highest BCUT2D eigenvalue weighted by atomic mass is 16.4. The number of likely N-dealkylation sites (tertiary alicyclic amines) is 1. The van der Waals surface area contributed by atoms with Gasteiger partial charge in [0.25, 0.3) is 0 Å². The fourth-order valence-electron chi connectivity index (χ4n) is 5.85. The van der Waals surface area contributed by atoms with E-state index in [-0.39, 0.29) is 6.04 Å². The van der Waals surface area contributed by atoms with Crippen LogP contribution in [0.4, 0.5) is 10.7 Å². The van der Waals surface area contributed by atoms with E-state index in [4.69, 9.17) is 10.1 Å². The Kier molecular flexibility index (Phi) is 6.68. The molecule has 15 heteroatoms. The molecule has 1 N–H and O–H groups in total. The average molecular weight is 570 g/mol. The lowest BCUT2D eigenvalue weighted by molar-refractivity contribution is 0.124. The minimum atomic E-state index is -0.858. The van der Waals surface area contributed by atoms with Gasteiger partial charge < -0.3 is 14.9 Å². The van der Waals surface area contributed by atoms with Gasteiger partial charge in [0, 0.05) is 75.7 Å². The molecule has 0 radical (unpaired) electrons. The Labute approximate surface area is 240 Å². The lowest BCUT2D eigenvalue weighted by atomic mass is 9.98. The lowest BCUT2D eigenvalue weighted by Crippen LogP contribution is -2.38. The molecule has 1 atom stereocenters. The van der Waals surface area contributed by atoms with Crippen LogP contribution in [0.5, 0.6) is 0 Å². The Morgan fingerprint density at radius 3 is 2.60 bits per heavy atom. The van der Waals surface area contributed by atoms with E-state index in [9.17, 15) is 9.90 Å². The SMILES string of the molecule is Cn1cc(-c2cnc3nnn(CC4CCCN(c5ncc(-c6ccn(C7CCN(C(=O)O)CC7)n6)cn5)C4)c3n2)cn1. The van der Waals surface area contributed by atoms with Gasteiger partial charge in [0.1, 0.15) is 0 Å². The van der Waals surface area contributed by atoms with Gasteiger partial charge >= 0.3 is 6.09 Å². The molecule has 0 aliphatic carbocycles. The zero-order valence-electron chi connectivity index (χ0n) is 23.2. The van der Waals surface area contributed by atoms with Gasteiger partial charge in [-0.15, -0.1) is 5.10 Å². The number of rotatable bonds is 6. The standard InChI is InChI=1S/C27H31N13O2/c1-36-17-20(13-31-36)23-14-28-24-25(32-23)40(35-33-24)16-18-3-2-7-38(15-18)26-29-11-19(12-30-26)22-6-10-39(34-22)21-4-8-37(9-5-21)27(41)42/h6,10-14,17-18,21H,2-5,7-9,15-16H2,1H3,(H,41,42). The Morgan fingerprint density at radius 1 is 1.00 bits per heavy atom. The van der Waals surface area contributed by atoms with Gasteiger partial charge in [0.2, 0.25) is 11.6 Å². The van der Waals surface area contributed by atoms with Crippen molar-refractivity contribution in [1.82, 2.24) is 59.4 Å². The first-order valence-corrected chi connectivity index (χ1v) is 14.2. The van der Waals surface area contributed by atoms with E-state index in [2.05, 4.69) is 35.3 Å². The van der Waals surface area contributed by atoms with Crippen molar-refractivity contribution in [2.24, 2.45) is 13.0 Å². The van der Waals surface area contributed by atoms with Gasteiger partial charge in [-0.05, 0) is 37.7 Å². The molecule has 1 unspecified atom stereocenters. The molecular weight excluding hydrogens is 538 g/mol. The molecule has 0 spiro atoms. The van der Waals surface area contributed by atoms with Gasteiger partial charge in [-0.3, -0.25) is 9.36 Å². The predicted octanol–water partition coefficient (Wildman–Crippen LogP) is 2.51. The molecule has 15 nitrogen and oxygen atoms in total. The largest absolute Gasteiger partial charge is 0.465 e. The van der Waals surface area contributed by atoms with E-state index in [1.54, 1.807) is 17.1 Å². The molecule has 0 bridgehead atoms. The molecule has 2 saturated heterocycles. The fourth-order valence-corrected chi connectivity index (χ4v) is 5.85. The van der Waals surface area contributed by atoms with Crippen molar-refractivity contribution < 1.29 is 9.90 Å². The molecular formula is C27H31N13O2. The highest BCUT2D eigenvalue weighted by Gasteiger charge is 2.25. The second-order valence-corrected chi connectivity index (χ2v) is 11.0. The van der Waals surface area contributed by atoms with Gasteiger partial charge in [0.05, 0.1) is 29.8 Å². The number of fused-ring (bicyclic) bond motifs is 1. The van der Waals surface area contributed by atoms with Crippen LogP contribution in [-0.4, -0.2) is 96.8 Å². The van der Waals surface area contributed by atoms with Gasteiger partial charge in [0.15, 0.2) is 5.65 Å². The van der Waals surface area contributed by atoms with Crippen LogP contribution in [0.25, 0.3) is 33.8 Å². The number of aryl methyl sites for hydroxylation is 1. The third-order valence-corrected chi connectivity index (χ3v) is 8.11. The van der Waals surface area contributed by atoms with E-state index < -0.39 is 6.09 Å². The lowest BCUT2D eigenvalue weighted by Gasteiger charge is -2.32. The third-order valence-electron chi connectivity index (χ3n) is 8.11. The van der Waals surface area contributed by atoms with Crippen molar-refractivity contribution in [2.45, 2.75) is 38.3 Å². The Morgan fingerprint density at radius 2 is 1.83 bits per heavy atom. The number of hydrogen-bond donors (Lipinski definition) is 1. The summed E-state index contributed by atoms with van der Waals surface area (Å²) in [7, 11) is 1.87. The van der Waals surface area contributed by atoms with Gasteiger partial charge in [-0.2, -0.15) is 10.2 Å². The molecule has 7 heterocycles. The van der Waals surface area contributed by atoms with Crippen LogP contribution < -0.4 is 4.90 Å². The minimum Gasteiger partial charge on any atom is -0.465 e. The number of carboxylic acid groups (broad SMARTS) is 1. The van der Waals surface area contributed by atoms with Crippen LogP contribution in [0.2, 0.25) is 0 Å². The summed E-state index contributed by atoms with van der Waals surface area (Å²) in [6.45, 7) is 3.43. The second-order valence-electron chi connectivity index (χ2n) is 11.0. The summed E-state index contributed by atoms with van der Waals surface area (Å²) < 4.78 is 5.53. The predicted molar refractivity (Wildman–Crippen MR) is 151 cm³/mol. The molecule has 5 aromatic rings. The first-order chi connectivity index (χ1) is 20.5. The molecule has 5 aromatic heterocycles. The molecule has 7 rings (SSSR count). The summed E-state index contributed by atoms with van der Waals surface area (Å²) in [6.07, 6.45) is 13.7. The topological polar surface area (TPSA) is 162 Å². The normalized spacial score (nSPS) is 18.2. The van der Waals surface area contributed by atoms with Crippen molar-refractivity contribution >= 4 is 23.3 Å².